The van der Waals surface area contributed by atoms with E-state index in [1.54, 1.807) is 12.3 Å². The zero-order valence-corrected chi connectivity index (χ0v) is 17.5. The number of anilines is 1. The Bertz CT molecular complexity index is 970. The summed E-state index contributed by atoms with van der Waals surface area (Å²) in [6, 6.07) is 9.20. The molecule has 1 atom stereocenters. The van der Waals surface area contributed by atoms with Gasteiger partial charge in [-0.05, 0) is 61.4 Å². The Morgan fingerprint density at radius 3 is 2.87 bits per heavy atom. The first kappa shape index (κ1) is 19.5. The second-order valence-electron chi connectivity index (χ2n) is 8.86. The lowest BCUT2D eigenvalue weighted by atomic mass is 9.80. The van der Waals surface area contributed by atoms with Crippen LogP contribution in [-0.4, -0.2) is 55.3 Å². The van der Waals surface area contributed by atoms with Gasteiger partial charge in [0.15, 0.2) is 0 Å². The number of methoxy groups -OCH3 is 1. The summed E-state index contributed by atoms with van der Waals surface area (Å²) in [5.74, 6) is -0.258. The number of benzene rings is 1. The lowest BCUT2D eigenvalue weighted by Gasteiger charge is -2.33. The van der Waals surface area contributed by atoms with Crippen LogP contribution in [0.15, 0.2) is 30.5 Å². The number of nitrogens with zero attached hydrogens (tertiary/aromatic N) is 2. The third-order valence-corrected chi connectivity index (χ3v) is 7.30. The van der Waals surface area contributed by atoms with Crippen molar-refractivity contribution >= 4 is 11.8 Å². The van der Waals surface area contributed by atoms with Crippen molar-refractivity contribution in [1.82, 2.24) is 9.88 Å². The minimum Gasteiger partial charge on any atom is -0.465 e. The molecule has 0 saturated carbocycles. The zero-order chi connectivity index (χ0) is 20.7. The number of aromatic nitrogens is 1. The van der Waals surface area contributed by atoms with E-state index in [0.29, 0.717) is 17.0 Å². The first-order valence-electron chi connectivity index (χ1n) is 10.9. The molecule has 2 aromatic rings. The average molecular weight is 408 g/mol. The molecule has 2 fully saturated rings. The second kappa shape index (κ2) is 7.67. The highest BCUT2D eigenvalue weighted by atomic mass is 16.5. The third-order valence-electron chi connectivity index (χ3n) is 7.30. The molecule has 5 rings (SSSR count). The number of nitrogens with two attached hydrogens (primary N) is 1. The Kier molecular flexibility index (Phi) is 4.99. The van der Waals surface area contributed by atoms with Gasteiger partial charge in [0.2, 0.25) is 0 Å². The lowest BCUT2D eigenvalue weighted by Crippen LogP contribution is -2.39. The predicted molar refractivity (Wildman–Crippen MR) is 115 cm³/mol. The van der Waals surface area contributed by atoms with E-state index in [0.717, 1.165) is 43.6 Å². The Hall–Kier alpha value is -2.44. The summed E-state index contributed by atoms with van der Waals surface area (Å²) in [7, 11) is 1.36. The molecule has 2 aliphatic heterocycles. The summed E-state index contributed by atoms with van der Waals surface area (Å²) in [5.41, 5.74) is 11.4. The minimum absolute atomic E-state index is 0.199. The Labute approximate surface area is 177 Å². The van der Waals surface area contributed by atoms with Crippen molar-refractivity contribution in [2.75, 3.05) is 39.1 Å². The number of carbonyl (C=O) groups excluding carboxylic acids is 1. The SMILES string of the molecule is COC(=O)c1cc(-c2ccc3c(c2)CCC32CCN(C3CCOCC3)C2)cnc1N. The number of aryl methyl sites for hydroxylation is 1. The van der Waals surface area contributed by atoms with Crippen molar-refractivity contribution in [3.05, 3.63) is 47.2 Å². The van der Waals surface area contributed by atoms with Crippen molar-refractivity contribution in [3.8, 4) is 11.1 Å². The van der Waals surface area contributed by atoms with Crippen LogP contribution >= 0.6 is 0 Å². The summed E-state index contributed by atoms with van der Waals surface area (Å²) in [4.78, 5) is 18.9. The van der Waals surface area contributed by atoms with Crippen LogP contribution in [0.3, 0.4) is 0 Å². The number of ether oxygens (including phenoxy) is 2. The normalized spacial score (nSPS) is 24.3. The van der Waals surface area contributed by atoms with Gasteiger partial charge in [-0.25, -0.2) is 9.78 Å². The number of rotatable bonds is 3. The molecule has 158 valence electrons. The number of pyridine rings is 1. The smallest absolute Gasteiger partial charge is 0.341 e. The van der Waals surface area contributed by atoms with Crippen molar-refractivity contribution in [3.63, 3.8) is 0 Å². The highest BCUT2D eigenvalue weighted by molar-refractivity contribution is 5.95. The largest absolute Gasteiger partial charge is 0.465 e. The quantitative estimate of drug-likeness (QED) is 0.788. The van der Waals surface area contributed by atoms with E-state index in [4.69, 9.17) is 15.2 Å². The molecule has 2 N–H and O–H groups in total. The maximum atomic E-state index is 12.0. The Balaban J connectivity index is 1.40. The highest BCUT2D eigenvalue weighted by Gasteiger charge is 2.45. The van der Waals surface area contributed by atoms with Crippen LogP contribution in [0, 0.1) is 0 Å². The molecule has 2 saturated heterocycles. The molecule has 3 heterocycles. The van der Waals surface area contributed by atoms with Crippen LogP contribution < -0.4 is 5.73 Å². The van der Waals surface area contributed by atoms with Gasteiger partial charge in [-0.3, -0.25) is 4.90 Å². The van der Waals surface area contributed by atoms with Crippen molar-refractivity contribution in [2.24, 2.45) is 0 Å². The first-order valence-corrected chi connectivity index (χ1v) is 10.9. The molecule has 0 amide bonds. The fourth-order valence-electron chi connectivity index (χ4n) is 5.60. The molecule has 0 radical (unpaired) electrons. The van der Waals surface area contributed by atoms with Gasteiger partial charge in [0, 0.05) is 43.0 Å². The molecule has 1 spiro atoms. The van der Waals surface area contributed by atoms with Crippen LogP contribution in [0.1, 0.15) is 47.2 Å². The molecule has 0 bridgehead atoms. The zero-order valence-electron chi connectivity index (χ0n) is 17.5. The van der Waals surface area contributed by atoms with E-state index < -0.39 is 5.97 Å². The van der Waals surface area contributed by atoms with Crippen LogP contribution in [0.2, 0.25) is 0 Å². The standard InChI is InChI=1S/C24H29N3O3/c1-29-23(28)20-13-18(14-26-22(20)25)16-2-3-21-17(12-16)4-7-24(21)8-9-27(15-24)19-5-10-30-11-6-19/h2-3,12-14,19H,4-11,15H2,1H3,(H2,25,26). The van der Waals surface area contributed by atoms with Gasteiger partial charge in [0.25, 0.3) is 0 Å². The molecule has 1 aromatic heterocycles. The summed E-state index contributed by atoms with van der Waals surface area (Å²) in [6.45, 7) is 4.16. The summed E-state index contributed by atoms with van der Waals surface area (Å²) < 4.78 is 10.4. The molecule has 1 unspecified atom stereocenters. The number of fused-ring (bicyclic) bond motifs is 2. The van der Waals surface area contributed by atoms with Gasteiger partial charge >= 0.3 is 5.97 Å². The molecular weight excluding hydrogens is 378 g/mol. The average Bonchev–Trinajstić information content (AvgIpc) is 3.38. The number of hydrogen-bond acceptors (Lipinski definition) is 6. The van der Waals surface area contributed by atoms with Gasteiger partial charge < -0.3 is 15.2 Å². The molecule has 6 heteroatoms. The van der Waals surface area contributed by atoms with E-state index in [9.17, 15) is 4.79 Å². The second-order valence-corrected chi connectivity index (χ2v) is 8.86. The maximum Gasteiger partial charge on any atom is 0.341 e. The highest BCUT2D eigenvalue weighted by Crippen LogP contribution is 2.47. The maximum absolute atomic E-state index is 12.0. The van der Waals surface area contributed by atoms with E-state index >= 15 is 0 Å². The number of likely N-dealkylation sites (tertiary alicyclic amines) is 1. The lowest BCUT2D eigenvalue weighted by molar-refractivity contribution is 0.0404. The fraction of sp³-hybridized carbons (Fsp3) is 0.500. The Morgan fingerprint density at radius 1 is 1.23 bits per heavy atom. The van der Waals surface area contributed by atoms with Crippen molar-refractivity contribution < 1.29 is 14.3 Å². The van der Waals surface area contributed by atoms with Crippen molar-refractivity contribution in [2.45, 2.75) is 43.6 Å². The number of hydrogen-bond donors (Lipinski definition) is 1. The number of nitrogen functional groups attached to an aromatic ring is 1. The van der Waals surface area contributed by atoms with Crippen LogP contribution in [0.5, 0.6) is 0 Å². The van der Waals surface area contributed by atoms with E-state index in [1.165, 1.54) is 44.2 Å². The molecule has 1 aliphatic carbocycles. The van der Waals surface area contributed by atoms with Gasteiger partial charge in [0.05, 0.1) is 7.11 Å². The van der Waals surface area contributed by atoms with Gasteiger partial charge in [0.1, 0.15) is 11.4 Å². The van der Waals surface area contributed by atoms with Crippen LogP contribution in [0.25, 0.3) is 11.1 Å². The van der Waals surface area contributed by atoms with E-state index in [2.05, 4.69) is 28.1 Å². The molecule has 6 nitrogen and oxygen atoms in total. The number of carbonyl (C=O) groups is 1. The monoisotopic (exact) mass is 407 g/mol. The number of esters is 1. The van der Waals surface area contributed by atoms with Crippen molar-refractivity contribution in [1.29, 1.82) is 0 Å². The third kappa shape index (κ3) is 3.28. The first-order chi connectivity index (χ1) is 14.6. The summed E-state index contributed by atoms with van der Waals surface area (Å²) in [5, 5.41) is 0. The molecule has 3 aliphatic rings. The Morgan fingerprint density at radius 2 is 2.07 bits per heavy atom. The predicted octanol–water partition coefficient (Wildman–Crippen LogP) is 3.19. The summed E-state index contributed by atoms with van der Waals surface area (Å²) >= 11 is 0. The van der Waals surface area contributed by atoms with E-state index in [1.807, 2.05) is 0 Å². The molecule has 30 heavy (non-hydrogen) atoms. The van der Waals surface area contributed by atoms with Gasteiger partial charge in [-0.2, -0.15) is 0 Å². The van der Waals surface area contributed by atoms with Crippen LogP contribution in [0.4, 0.5) is 5.82 Å². The van der Waals surface area contributed by atoms with Crippen LogP contribution in [-0.2, 0) is 21.3 Å². The van der Waals surface area contributed by atoms with Gasteiger partial charge in [-0.1, -0.05) is 18.2 Å². The molecule has 1 aromatic carbocycles. The molecular formula is C24H29N3O3. The summed E-state index contributed by atoms with van der Waals surface area (Å²) in [6.07, 6.45) is 7.63. The minimum atomic E-state index is -0.457. The fourth-order valence-corrected chi connectivity index (χ4v) is 5.60. The van der Waals surface area contributed by atoms with Gasteiger partial charge in [-0.15, -0.1) is 0 Å². The topological polar surface area (TPSA) is 77.7 Å². The van der Waals surface area contributed by atoms with E-state index in [-0.39, 0.29) is 5.82 Å².